The molecule has 26 heavy (non-hydrogen) atoms. The third-order valence-electron chi connectivity index (χ3n) is 4.59. The average Bonchev–Trinajstić information content (AvgIpc) is 3.06. The summed E-state index contributed by atoms with van der Waals surface area (Å²) in [5.74, 6) is 0. The molecule has 3 nitrogen and oxygen atoms in total. The highest BCUT2D eigenvalue weighted by Gasteiger charge is 2.33. The van der Waals surface area contributed by atoms with E-state index in [0.29, 0.717) is 5.56 Å². The van der Waals surface area contributed by atoms with Crippen molar-refractivity contribution in [1.29, 1.82) is 0 Å². The van der Waals surface area contributed by atoms with E-state index in [-0.39, 0.29) is 6.04 Å². The Balaban J connectivity index is 1.80. The van der Waals surface area contributed by atoms with Crippen LogP contribution in [0.15, 0.2) is 48.5 Å². The van der Waals surface area contributed by atoms with Crippen LogP contribution in [0.3, 0.4) is 0 Å². The number of nitrogens with one attached hydrogen (secondary N) is 1. The Morgan fingerprint density at radius 3 is 2.54 bits per heavy atom. The first-order valence-electron chi connectivity index (χ1n) is 8.50. The number of thiazole rings is 1. The third-order valence-corrected chi connectivity index (χ3v) is 5.68. The van der Waals surface area contributed by atoms with Crippen molar-refractivity contribution in [2.24, 2.45) is 0 Å². The molecule has 2 aromatic carbocycles. The molecule has 2 heterocycles. The van der Waals surface area contributed by atoms with Gasteiger partial charge in [0.2, 0.25) is 0 Å². The van der Waals surface area contributed by atoms with Gasteiger partial charge in [-0.15, -0.1) is 11.3 Å². The number of piperazine rings is 1. The maximum Gasteiger partial charge on any atom is 0.416 e. The van der Waals surface area contributed by atoms with Gasteiger partial charge in [-0.1, -0.05) is 24.3 Å². The lowest BCUT2D eigenvalue weighted by atomic mass is 10.0. The van der Waals surface area contributed by atoms with Crippen LogP contribution in [0, 0.1) is 0 Å². The Morgan fingerprint density at radius 1 is 1.04 bits per heavy atom. The summed E-state index contributed by atoms with van der Waals surface area (Å²) in [6, 6.07) is 13.2. The van der Waals surface area contributed by atoms with Crippen molar-refractivity contribution >= 4 is 21.6 Å². The SMILES string of the molecule is FC(F)(F)c1cccc(C(c2nc3ccccc3s2)N2CCNCC2)c1. The van der Waals surface area contributed by atoms with Gasteiger partial charge in [0, 0.05) is 26.2 Å². The molecule has 4 rings (SSSR count). The molecule has 0 amide bonds. The van der Waals surface area contributed by atoms with Gasteiger partial charge >= 0.3 is 6.18 Å². The zero-order valence-corrected chi connectivity index (χ0v) is 14.8. The van der Waals surface area contributed by atoms with Crippen molar-refractivity contribution in [2.45, 2.75) is 12.2 Å². The number of aromatic nitrogens is 1. The molecule has 3 aromatic rings. The second kappa shape index (κ2) is 6.98. The number of benzene rings is 2. The Morgan fingerprint density at radius 2 is 1.81 bits per heavy atom. The number of para-hydroxylation sites is 1. The molecule has 7 heteroatoms. The molecule has 0 spiro atoms. The molecule has 1 saturated heterocycles. The fourth-order valence-electron chi connectivity index (χ4n) is 3.34. The van der Waals surface area contributed by atoms with Crippen LogP contribution in [-0.4, -0.2) is 36.1 Å². The van der Waals surface area contributed by atoms with Crippen LogP contribution in [-0.2, 0) is 6.18 Å². The van der Waals surface area contributed by atoms with Crippen molar-refractivity contribution in [1.82, 2.24) is 15.2 Å². The largest absolute Gasteiger partial charge is 0.416 e. The monoisotopic (exact) mass is 377 g/mol. The van der Waals surface area contributed by atoms with Gasteiger partial charge in [-0.25, -0.2) is 4.98 Å². The summed E-state index contributed by atoms with van der Waals surface area (Å²) in [6.45, 7) is 3.19. The van der Waals surface area contributed by atoms with Crippen molar-refractivity contribution in [3.05, 3.63) is 64.7 Å². The molecule has 136 valence electrons. The number of rotatable bonds is 3. The summed E-state index contributed by atoms with van der Waals surface area (Å²) in [5.41, 5.74) is 0.914. The van der Waals surface area contributed by atoms with E-state index < -0.39 is 11.7 Å². The molecular weight excluding hydrogens is 359 g/mol. The van der Waals surface area contributed by atoms with E-state index in [1.165, 1.54) is 12.1 Å². The highest BCUT2D eigenvalue weighted by Crippen LogP contribution is 2.37. The van der Waals surface area contributed by atoms with Crippen LogP contribution >= 0.6 is 11.3 Å². The average molecular weight is 377 g/mol. The van der Waals surface area contributed by atoms with Gasteiger partial charge in [0.05, 0.1) is 21.8 Å². The van der Waals surface area contributed by atoms with Gasteiger partial charge in [-0.2, -0.15) is 13.2 Å². The summed E-state index contributed by atoms with van der Waals surface area (Å²) in [6.07, 6.45) is -4.35. The number of fused-ring (bicyclic) bond motifs is 1. The molecule has 1 fully saturated rings. The normalized spacial score (nSPS) is 17.5. The fourth-order valence-corrected chi connectivity index (χ4v) is 4.47. The standard InChI is InChI=1S/C19H18F3N3S/c20-19(21,22)14-5-3-4-13(12-14)17(25-10-8-23-9-11-25)18-24-15-6-1-2-7-16(15)26-18/h1-7,12,17,23H,8-11H2. The van der Waals surface area contributed by atoms with Gasteiger partial charge in [-0.05, 0) is 29.8 Å². The van der Waals surface area contributed by atoms with E-state index in [1.54, 1.807) is 17.4 Å². The lowest BCUT2D eigenvalue weighted by Crippen LogP contribution is -2.45. The van der Waals surface area contributed by atoms with Crippen LogP contribution < -0.4 is 5.32 Å². The summed E-state index contributed by atoms with van der Waals surface area (Å²) < 4.78 is 40.7. The van der Waals surface area contributed by atoms with Crippen LogP contribution in [0.2, 0.25) is 0 Å². The maximum absolute atomic E-state index is 13.2. The van der Waals surface area contributed by atoms with Gasteiger partial charge in [0.15, 0.2) is 0 Å². The Bertz CT molecular complexity index is 867. The zero-order valence-electron chi connectivity index (χ0n) is 14.0. The van der Waals surface area contributed by atoms with Gasteiger partial charge < -0.3 is 5.32 Å². The molecule has 0 radical (unpaired) electrons. The van der Waals surface area contributed by atoms with Gasteiger partial charge in [0.25, 0.3) is 0 Å². The summed E-state index contributed by atoms with van der Waals surface area (Å²) in [4.78, 5) is 6.94. The molecule has 1 N–H and O–H groups in total. The maximum atomic E-state index is 13.2. The Hall–Kier alpha value is -1.96. The minimum absolute atomic E-state index is 0.267. The van der Waals surface area contributed by atoms with Crippen LogP contribution in [0.5, 0.6) is 0 Å². The van der Waals surface area contributed by atoms with E-state index in [2.05, 4.69) is 10.2 Å². The first-order valence-corrected chi connectivity index (χ1v) is 9.31. The van der Waals surface area contributed by atoms with Crippen LogP contribution in [0.1, 0.15) is 22.2 Å². The highest BCUT2D eigenvalue weighted by atomic mass is 32.1. The van der Waals surface area contributed by atoms with E-state index in [4.69, 9.17) is 4.98 Å². The number of halogens is 3. The molecular formula is C19H18F3N3S. The summed E-state index contributed by atoms with van der Waals surface area (Å²) in [5, 5.41) is 4.14. The molecule has 0 aliphatic carbocycles. The first-order chi connectivity index (χ1) is 12.5. The highest BCUT2D eigenvalue weighted by molar-refractivity contribution is 7.18. The molecule has 0 saturated carbocycles. The van der Waals surface area contributed by atoms with Gasteiger partial charge in [0.1, 0.15) is 5.01 Å². The minimum Gasteiger partial charge on any atom is -0.314 e. The molecule has 1 aliphatic heterocycles. The Kier molecular flexibility index (Phi) is 4.69. The second-order valence-electron chi connectivity index (χ2n) is 6.33. The van der Waals surface area contributed by atoms with Crippen molar-refractivity contribution in [2.75, 3.05) is 26.2 Å². The summed E-state index contributed by atoms with van der Waals surface area (Å²) >= 11 is 1.55. The number of hydrogen-bond acceptors (Lipinski definition) is 4. The van der Waals surface area contributed by atoms with E-state index in [1.807, 2.05) is 24.3 Å². The van der Waals surface area contributed by atoms with E-state index in [0.717, 1.165) is 47.5 Å². The lowest BCUT2D eigenvalue weighted by molar-refractivity contribution is -0.137. The Labute approximate surface area is 153 Å². The van der Waals surface area contributed by atoms with E-state index in [9.17, 15) is 13.2 Å². The minimum atomic E-state index is -4.35. The molecule has 0 bridgehead atoms. The smallest absolute Gasteiger partial charge is 0.314 e. The second-order valence-corrected chi connectivity index (χ2v) is 7.39. The fraction of sp³-hybridized carbons (Fsp3) is 0.316. The first kappa shape index (κ1) is 17.5. The molecule has 1 aromatic heterocycles. The zero-order chi connectivity index (χ0) is 18.1. The predicted octanol–water partition coefficient (Wildman–Crippen LogP) is 4.31. The van der Waals surface area contributed by atoms with E-state index >= 15 is 0 Å². The lowest BCUT2D eigenvalue weighted by Gasteiger charge is -2.34. The van der Waals surface area contributed by atoms with Gasteiger partial charge in [-0.3, -0.25) is 4.90 Å². The van der Waals surface area contributed by atoms with Crippen LogP contribution in [0.25, 0.3) is 10.2 Å². The molecule has 1 atom stereocenters. The van der Waals surface area contributed by atoms with Crippen molar-refractivity contribution < 1.29 is 13.2 Å². The number of alkyl halides is 3. The van der Waals surface area contributed by atoms with Crippen molar-refractivity contribution in [3.8, 4) is 0 Å². The number of nitrogens with zero attached hydrogens (tertiary/aromatic N) is 2. The number of hydrogen-bond donors (Lipinski definition) is 1. The quantitative estimate of drug-likeness (QED) is 0.737. The van der Waals surface area contributed by atoms with Crippen molar-refractivity contribution in [3.63, 3.8) is 0 Å². The molecule has 1 aliphatic rings. The third kappa shape index (κ3) is 3.47. The topological polar surface area (TPSA) is 28.2 Å². The van der Waals surface area contributed by atoms with Crippen LogP contribution in [0.4, 0.5) is 13.2 Å². The summed E-state index contributed by atoms with van der Waals surface area (Å²) in [7, 11) is 0. The molecule has 1 unspecified atom stereocenters. The predicted molar refractivity (Wildman–Crippen MR) is 97.3 cm³/mol.